The fraction of sp³-hybridized carbons (Fsp3) is 0.280. The van der Waals surface area contributed by atoms with Crippen LogP contribution in [0, 0.1) is 0 Å². The Morgan fingerprint density at radius 3 is 2.76 bits per heavy atom. The minimum atomic E-state index is -0.933. The maximum Gasteiger partial charge on any atom is 0.303 e. The third-order valence-electron chi connectivity index (χ3n) is 5.54. The summed E-state index contributed by atoms with van der Waals surface area (Å²) in [5.41, 5.74) is 3.04. The largest absolute Gasteiger partial charge is 0.494 e. The molecule has 1 aromatic heterocycles. The van der Waals surface area contributed by atoms with Crippen molar-refractivity contribution in [3.63, 3.8) is 0 Å². The molecule has 2 aromatic carbocycles. The Hall–Kier alpha value is -2.97. The van der Waals surface area contributed by atoms with E-state index in [2.05, 4.69) is 26.0 Å². The van der Waals surface area contributed by atoms with Gasteiger partial charge in [-0.2, -0.15) is 5.10 Å². The number of carboxylic acids is 1. The summed E-state index contributed by atoms with van der Waals surface area (Å²) >= 11 is 10.1. The zero-order valence-corrected chi connectivity index (χ0v) is 20.8. The molecule has 176 valence electrons. The number of ether oxygens (including phenoxy) is 1. The van der Waals surface area contributed by atoms with Gasteiger partial charge < -0.3 is 9.84 Å². The number of benzene rings is 2. The molecule has 0 radical (unpaired) electrons. The van der Waals surface area contributed by atoms with Gasteiger partial charge in [-0.1, -0.05) is 39.7 Å². The van der Waals surface area contributed by atoms with Crippen LogP contribution < -0.4 is 4.74 Å². The van der Waals surface area contributed by atoms with Crippen LogP contribution in [0.25, 0.3) is 10.9 Å². The van der Waals surface area contributed by atoms with Gasteiger partial charge in [-0.3, -0.25) is 9.59 Å². The Balaban J connectivity index is 1.69. The zero-order chi connectivity index (χ0) is 24.2. The first-order chi connectivity index (χ1) is 16.4. The highest BCUT2D eigenvalue weighted by Gasteiger charge is 2.34. The number of rotatable bonds is 8. The van der Waals surface area contributed by atoms with Gasteiger partial charge in [0.15, 0.2) is 0 Å². The summed E-state index contributed by atoms with van der Waals surface area (Å²) in [6, 6.07) is 14.8. The molecule has 0 saturated heterocycles. The molecule has 34 heavy (non-hydrogen) atoms. The van der Waals surface area contributed by atoms with Crippen molar-refractivity contribution in [2.45, 2.75) is 38.6 Å². The lowest BCUT2D eigenvalue weighted by Gasteiger charge is -2.23. The van der Waals surface area contributed by atoms with Crippen molar-refractivity contribution in [1.82, 2.24) is 9.99 Å². The van der Waals surface area contributed by atoms with Crippen molar-refractivity contribution < 1.29 is 19.4 Å². The van der Waals surface area contributed by atoms with Crippen molar-refractivity contribution in [2.75, 3.05) is 6.61 Å². The molecule has 1 unspecified atom stereocenters. The molecule has 2 heterocycles. The van der Waals surface area contributed by atoms with Gasteiger partial charge in [-0.05, 0) is 49.2 Å². The summed E-state index contributed by atoms with van der Waals surface area (Å²) in [7, 11) is 0. The van der Waals surface area contributed by atoms with E-state index in [0.29, 0.717) is 35.0 Å². The van der Waals surface area contributed by atoms with Crippen LogP contribution in [-0.4, -0.2) is 39.3 Å². The van der Waals surface area contributed by atoms with E-state index in [4.69, 9.17) is 21.4 Å². The normalized spacial score (nSPS) is 15.4. The maximum absolute atomic E-state index is 13.1. The van der Waals surface area contributed by atoms with Crippen LogP contribution in [0.1, 0.15) is 49.8 Å². The quantitative estimate of drug-likeness (QED) is 0.352. The number of carbonyl (C=O) groups excluding carboxylic acids is 1. The molecule has 4 rings (SSSR count). The van der Waals surface area contributed by atoms with E-state index in [1.807, 2.05) is 55.5 Å². The van der Waals surface area contributed by atoms with E-state index in [0.717, 1.165) is 21.1 Å². The SMILES string of the molecule is CCOc1ccc2cc(C3CC(c4cccc(Br)c4)=NN3C(=O)CCCC(=O)O)c(Cl)nc2c1. The molecule has 0 saturated carbocycles. The Kier molecular flexibility index (Phi) is 7.48. The second-order valence-electron chi connectivity index (χ2n) is 7.92. The molecule has 7 nitrogen and oxygen atoms in total. The number of carbonyl (C=O) groups is 2. The smallest absolute Gasteiger partial charge is 0.303 e. The standard InChI is InChI=1S/C25H23BrClN3O4/c1-2-34-18-10-9-16-12-19(25(27)28-20(16)13-18)22-14-21(15-5-3-6-17(26)11-15)29-30(22)23(31)7-4-8-24(32)33/h3,5-6,9-13,22H,2,4,7-8,14H2,1H3,(H,32,33). The summed E-state index contributed by atoms with van der Waals surface area (Å²) in [6.45, 7) is 2.47. The maximum atomic E-state index is 13.1. The molecule has 0 fully saturated rings. The van der Waals surface area contributed by atoms with E-state index >= 15 is 0 Å². The second-order valence-corrected chi connectivity index (χ2v) is 9.19. The molecular weight excluding hydrogens is 522 g/mol. The number of hydrazone groups is 1. The fourth-order valence-corrected chi connectivity index (χ4v) is 4.63. The third-order valence-corrected chi connectivity index (χ3v) is 6.34. The van der Waals surface area contributed by atoms with Crippen LogP contribution in [0.2, 0.25) is 5.15 Å². The van der Waals surface area contributed by atoms with Crippen molar-refractivity contribution in [1.29, 1.82) is 0 Å². The van der Waals surface area contributed by atoms with E-state index in [-0.39, 0.29) is 25.2 Å². The molecule has 0 aliphatic carbocycles. The predicted molar refractivity (Wildman–Crippen MR) is 134 cm³/mol. The Bertz CT molecular complexity index is 1280. The number of hydrogen-bond acceptors (Lipinski definition) is 5. The van der Waals surface area contributed by atoms with Crippen LogP contribution in [0.5, 0.6) is 5.75 Å². The van der Waals surface area contributed by atoms with Crippen LogP contribution in [0.15, 0.2) is 58.1 Å². The highest BCUT2D eigenvalue weighted by atomic mass is 79.9. The average molecular weight is 545 g/mol. The van der Waals surface area contributed by atoms with E-state index in [9.17, 15) is 9.59 Å². The van der Waals surface area contributed by atoms with Gasteiger partial charge in [0.2, 0.25) is 5.91 Å². The summed E-state index contributed by atoms with van der Waals surface area (Å²) in [5.74, 6) is -0.473. The molecule has 1 atom stereocenters. The molecule has 1 aliphatic rings. The van der Waals surface area contributed by atoms with Gasteiger partial charge in [0.05, 0.1) is 23.9 Å². The van der Waals surface area contributed by atoms with Crippen molar-refractivity contribution in [3.05, 3.63) is 69.3 Å². The fourth-order valence-electron chi connectivity index (χ4n) is 3.96. The number of amides is 1. The second kappa shape index (κ2) is 10.5. The van der Waals surface area contributed by atoms with Crippen molar-refractivity contribution in [3.8, 4) is 5.75 Å². The topological polar surface area (TPSA) is 92.1 Å². The number of fused-ring (bicyclic) bond motifs is 1. The van der Waals surface area contributed by atoms with Gasteiger partial charge in [-0.15, -0.1) is 0 Å². The summed E-state index contributed by atoms with van der Waals surface area (Å²) in [5, 5.41) is 16.2. The summed E-state index contributed by atoms with van der Waals surface area (Å²) < 4.78 is 6.47. The number of aromatic nitrogens is 1. The van der Waals surface area contributed by atoms with Gasteiger partial charge in [0.1, 0.15) is 10.9 Å². The zero-order valence-electron chi connectivity index (χ0n) is 18.5. The minimum Gasteiger partial charge on any atom is -0.494 e. The lowest BCUT2D eigenvalue weighted by molar-refractivity contribution is -0.137. The monoisotopic (exact) mass is 543 g/mol. The van der Waals surface area contributed by atoms with Crippen LogP contribution >= 0.6 is 27.5 Å². The Labute approximate surface area is 210 Å². The number of halogens is 2. The number of nitrogens with zero attached hydrogens (tertiary/aromatic N) is 3. The number of pyridine rings is 1. The van der Waals surface area contributed by atoms with Crippen molar-refractivity contribution in [2.24, 2.45) is 5.10 Å². The summed E-state index contributed by atoms with van der Waals surface area (Å²) in [6.07, 6.45) is 0.704. The Morgan fingerprint density at radius 2 is 2.03 bits per heavy atom. The molecule has 3 aromatic rings. The minimum absolute atomic E-state index is 0.0765. The number of hydrogen-bond donors (Lipinski definition) is 1. The number of aliphatic carboxylic acids is 1. The third kappa shape index (κ3) is 5.39. The predicted octanol–water partition coefficient (Wildman–Crippen LogP) is 5.98. The summed E-state index contributed by atoms with van der Waals surface area (Å²) in [4.78, 5) is 28.5. The molecule has 1 N–H and O–H groups in total. The van der Waals surface area contributed by atoms with E-state index in [1.165, 1.54) is 5.01 Å². The molecule has 9 heteroatoms. The lowest BCUT2D eigenvalue weighted by Crippen LogP contribution is -2.27. The van der Waals surface area contributed by atoms with E-state index in [1.54, 1.807) is 0 Å². The Morgan fingerprint density at radius 1 is 1.21 bits per heavy atom. The molecule has 0 bridgehead atoms. The molecule has 1 aliphatic heterocycles. The highest BCUT2D eigenvalue weighted by molar-refractivity contribution is 9.10. The first-order valence-corrected chi connectivity index (χ1v) is 12.1. The molecular formula is C25H23BrClN3O4. The number of carboxylic acid groups (broad SMARTS) is 1. The van der Waals surface area contributed by atoms with Gasteiger partial charge in [0, 0.05) is 40.8 Å². The first kappa shape index (κ1) is 24.2. The van der Waals surface area contributed by atoms with Crippen LogP contribution in [0.3, 0.4) is 0 Å². The van der Waals surface area contributed by atoms with Crippen LogP contribution in [-0.2, 0) is 9.59 Å². The van der Waals surface area contributed by atoms with Crippen LogP contribution in [0.4, 0.5) is 0 Å². The molecule has 0 spiro atoms. The highest BCUT2D eigenvalue weighted by Crippen LogP contribution is 2.38. The average Bonchev–Trinajstić information content (AvgIpc) is 3.24. The van der Waals surface area contributed by atoms with Gasteiger partial charge in [0.25, 0.3) is 0 Å². The van der Waals surface area contributed by atoms with Gasteiger partial charge in [-0.25, -0.2) is 9.99 Å². The van der Waals surface area contributed by atoms with E-state index < -0.39 is 12.0 Å². The van der Waals surface area contributed by atoms with Gasteiger partial charge >= 0.3 is 5.97 Å². The molecule has 1 amide bonds. The lowest BCUT2D eigenvalue weighted by atomic mass is 9.98. The van der Waals surface area contributed by atoms with Crippen molar-refractivity contribution >= 4 is 56.0 Å². The first-order valence-electron chi connectivity index (χ1n) is 11.0.